The number of nitrogens with one attached hydrogen (secondary N) is 2. The van der Waals surface area contributed by atoms with Crippen molar-refractivity contribution in [2.75, 3.05) is 0 Å². The Morgan fingerprint density at radius 3 is 2.75 bits per heavy atom. The standard InChI is InChI=1S/C22H21FN4O/c1-13-14(2)26-20-9-8-16(10-17(13)20)11-24-22(28)18-12-25-27(15(18)3)21-7-5-4-6-19(21)23/h4-10,12,26H,11H2,1-3H3,(H,24,28). The first-order valence-corrected chi connectivity index (χ1v) is 9.11. The summed E-state index contributed by atoms with van der Waals surface area (Å²) < 4.78 is 15.5. The average Bonchev–Trinajstić information content (AvgIpc) is 3.20. The molecule has 2 N–H and O–H groups in total. The van der Waals surface area contributed by atoms with Gasteiger partial charge in [0.1, 0.15) is 11.5 Å². The number of hydrogen-bond donors (Lipinski definition) is 2. The van der Waals surface area contributed by atoms with Crippen molar-refractivity contribution in [1.29, 1.82) is 0 Å². The maximum absolute atomic E-state index is 14.0. The number of H-pyrrole nitrogens is 1. The number of aromatic nitrogens is 3. The zero-order valence-electron chi connectivity index (χ0n) is 16.0. The Labute approximate surface area is 162 Å². The fourth-order valence-electron chi connectivity index (χ4n) is 3.39. The Bertz CT molecular complexity index is 1190. The van der Waals surface area contributed by atoms with Crippen LogP contribution in [0.5, 0.6) is 0 Å². The molecule has 1 amide bonds. The third-order valence-electron chi connectivity index (χ3n) is 5.16. The van der Waals surface area contributed by atoms with E-state index in [1.807, 2.05) is 19.1 Å². The van der Waals surface area contributed by atoms with Gasteiger partial charge in [-0.25, -0.2) is 9.07 Å². The zero-order valence-corrected chi connectivity index (χ0v) is 16.0. The maximum atomic E-state index is 14.0. The molecule has 142 valence electrons. The second kappa shape index (κ2) is 6.96. The van der Waals surface area contributed by atoms with Crippen molar-refractivity contribution in [3.8, 4) is 5.69 Å². The Hall–Kier alpha value is -3.41. The molecule has 0 unspecified atom stereocenters. The highest BCUT2D eigenvalue weighted by molar-refractivity contribution is 5.95. The largest absolute Gasteiger partial charge is 0.358 e. The van der Waals surface area contributed by atoms with Crippen LogP contribution in [0.15, 0.2) is 48.7 Å². The number of halogens is 1. The molecule has 28 heavy (non-hydrogen) atoms. The summed E-state index contributed by atoms with van der Waals surface area (Å²) in [5.41, 5.74) is 5.81. The molecule has 0 spiro atoms. The van der Waals surface area contributed by atoms with Crippen molar-refractivity contribution in [3.05, 3.63) is 82.6 Å². The number of benzene rings is 2. The number of aromatic amines is 1. The van der Waals surface area contributed by atoms with Gasteiger partial charge in [0.25, 0.3) is 5.91 Å². The fraction of sp³-hybridized carbons (Fsp3) is 0.182. The lowest BCUT2D eigenvalue weighted by molar-refractivity contribution is 0.0950. The van der Waals surface area contributed by atoms with Crippen LogP contribution in [0.1, 0.15) is 32.9 Å². The van der Waals surface area contributed by atoms with E-state index in [1.165, 1.54) is 22.5 Å². The van der Waals surface area contributed by atoms with E-state index in [2.05, 4.69) is 28.4 Å². The first-order valence-electron chi connectivity index (χ1n) is 9.11. The van der Waals surface area contributed by atoms with Gasteiger partial charge >= 0.3 is 0 Å². The van der Waals surface area contributed by atoms with Gasteiger partial charge in [0, 0.05) is 23.1 Å². The molecular formula is C22H21FN4O. The average molecular weight is 376 g/mol. The first-order chi connectivity index (χ1) is 13.5. The number of fused-ring (bicyclic) bond motifs is 1. The number of hydrogen-bond acceptors (Lipinski definition) is 2. The molecule has 5 nitrogen and oxygen atoms in total. The van der Waals surface area contributed by atoms with Crippen molar-refractivity contribution in [3.63, 3.8) is 0 Å². The highest BCUT2D eigenvalue weighted by Crippen LogP contribution is 2.22. The second-order valence-electron chi connectivity index (χ2n) is 6.94. The van der Waals surface area contributed by atoms with E-state index in [9.17, 15) is 9.18 Å². The summed E-state index contributed by atoms with van der Waals surface area (Å²) in [5.74, 6) is -0.617. The van der Waals surface area contributed by atoms with E-state index in [1.54, 1.807) is 25.1 Å². The van der Waals surface area contributed by atoms with Gasteiger partial charge in [0.05, 0.1) is 17.5 Å². The van der Waals surface area contributed by atoms with E-state index >= 15 is 0 Å². The quantitative estimate of drug-likeness (QED) is 0.556. The van der Waals surface area contributed by atoms with Gasteiger partial charge in [-0.2, -0.15) is 5.10 Å². The van der Waals surface area contributed by atoms with E-state index in [0.717, 1.165) is 22.2 Å². The van der Waals surface area contributed by atoms with Crippen LogP contribution in [0.2, 0.25) is 0 Å². The molecular weight excluding hydrogens is 355 g/mol. The number of carbonyl (C=O) groups excluding carboxylic acids is 1. The predicted octanol–water partition coefficient (Wildman–Crippen LogP) is 4.35. The van der Waals surface area contributed by atoms with Crippen molar-refractivity contribution < 1.29 is 9.18 Å². The summed E-state index contributed by atoms with van der Waals surface area (Å²) in [4.78, 5) is 16.0. The minimum atomic E-state index is -0.383. The number of nitrogens with zero attached hydrogens (tertiary/aromatic N) is 2. The molecule has 2 aromatic carbocycles. The summed E-state index contributed by atoms with van der Waals surface area (Å²) in [5, 5.41) is 8.28. The Balaban J connectivity index is 1.53. The van der Waals surface area contributed by atoms with Gasteiger partial charge in [-0.3, -0.25) is 4.79 Å². The highest BCUT2D eigenvalue weighted by atomic mass is 19.1. The summed E-state index contributed by atoms with van der Waals surface area (Å²) in [6, 6.07) is 12.5. The van der Waals surface area contributed by atoms with Gasteiger partial charge < -0.3 is 10.3 Å². The van der Waals surface area contributed by atoms with Crippen molar-refractivity contribution in [2.45, 2.75) is 27.3 Å². The van der Waals surface area contributed by atoms with E-state index in [-0.39, 0.29) is 11.7 Å². The minimum Gasteiger partial charge on any atom is -0.358 e. The summed E-state index contributed by atoms with van der Waals surface area (Å²) in [6.07, 6.45) is 1.47. The molecule has 2 aromatic heterocycles. The molecule has 0 aliphatic rings. The lowest BCUT2D eigenvalue weighted by atomic mass is 10.1. The topological polar surface area (TPSA) is 62.7 Å². The van der Waals surface area contributed by atoms with Crippen molar-refractivity contribution >= 4 is 16.8 Å². The summed E-state index contributed by atoms with van der Waals surface area (Å²) in [7, 11) is 0. The normalized spacial score (nSPS) is 11.1. The highest BCUT2D eigenvalue weighted by Gasteiger charge is 2.16. The molecule has 0 bridgehead atoms. The summed E-state index contributed by atoms with van der Waals surface area (Å²) >= 11 is 0. The molecule has 0 aliphatic carbocycles. The van der Waals surface area contributed by atoms with Crippen molar-refractivity contribution in [2.24, 2.45) is 0 Å². The van der Waals surface area contributed by atoms with Gasteiger partial charge in [-0.15, -0.1) is 0 Å². The number of rotatable bonds is 4. The fourth-order valence-corrected chi connectivity index (χ4v) is 3.39. The SMILES string of the molecule is Cc1[nH]c2ccc(CNC(=O)c3cnn(-c4ccccc4F)c3C)cc2c1C. The van der Waals surface area contributed by atoms with Crippen molar-refractivity contribution in [1.82, 2.24) is 20.1 Å². The molecule has 0 atom stereocenters. The Morgan fingerprint density at radius 2 is 1.96 bits per heavy atom. The molecule has 0 saturated heterocycles. The van der Waals surface area contributed by atoms with Crippen LogP contribution in [0.4, 0.5) is 4.39 Å². The van der Waals surface area contributed by atoms with Crippen LogP contribution in [-0.2, 0) is 6.54 Å². The number of aryl methyl sites for hydroxylation is 2. The summed E-state index contributed by atoms with van der Waals surface area (Å²) in [6.45, 7) is 6.29. The molecule has 0 saturated carbocycles. The second-order valence-corrected chi connectivity index (χ2v) is 6.94. The van der Waals surface area contributed by atoms with Crippen LogP contribution in [0, 0.1) is 26.6 Å². The molecule has 6 heteroatoms. The first kappa shape index (κ1) is 18.0. The molecule has 0 fully saturated rings. The minimum absolute atomic E-state index is 0.234. The third kappa shape index (κ3) is 3.07. The number of amides is 1. The molecule has 0 aliphatic heterocycles. The lowest BCUT2D eigenvalue weighted by Gasteiger charge is -2.08. The molecule has 0 radical (unpaired) electrons. The molecule has 4 rings (SSSR count). The lowest BCUT2D eigenvalue weighted by Crippen LogP contribution is -2.23. The number of carbonyl (C=O) groups is 1. The Morgan fingerprint density at radius 1 is 1.18 bits per heavy atom. The molecule has 2 heterocycles. The third-order valence-corrected chi connectivity index (χ3v) is 5.16. The van der Waals surface area contributed by atoms with E-state index in [4.69, 9.17) is 0 Å². The van der Waals surface area contributed by atoms with E-state index in [0.29, 0.717) is 23.5 Å². The van der Waals surface area contributed by atoms with Gasteiger partial charge in [0.15, 0.2) is 0 Å². The van der Waals surface area contributed by atoms with Crippen LogP contribution >= 0.6 is 0 Å². The predicted molar refractivity (Wildman–Crippen MR) is 107 cm³/mol. The van der Waals surface area contributed by atoms with Gasteiger partial charge in [-0.05, 0) is 56.2 Å². The monoisotopic (exact) mass is 376 g/mol. The van der Waals surface area contributed by atoms with Crippen LogP contribution < -0.4 is 5.32 Å². The van der Waals surface area contributed by atoms with Gasteiger partial charge in [0.2, 0.25) is 0 Å². The van der Waals surface area contributed by atoms with Crippen LogP contribution in [0.3, 0.4) is 0 Å². The molecule has 4 aromatic rings. The maximum Gasteiger partial charge on any atom is 0.255 e. The number of para-hydroxylation sites is 1. The smallest absolute Gasteiger partial charge is 0.255 e. The van der Waals surface area contributed by atoms with Gasteiger partial charge in [-0.1, -0.05) is 18.2 Å². The Kier molecular flexibility index (Phi) is 4.47. The van der Waals surface area contributed by atoms with Crippen LogP contribution in [0.25, 0.3) is 16.6 Å². The van der Waals surface area contributed by atoms with Crippen LogP contribution in [-0.4, -0.2) is 20.7 Å². The van der Waals surface area contributed by atoms with E-state index < -0.39 is 0 Å². The zero-order chi connectivity index (χ0) is 19.8.